The average Bonchev–Trinajstić information content (AvgIpc) is 2.74. The van der Waals surface area contributed by atoms with Crippen molar-refractivity contribution in [2.45, 2.75) is 39.3 Å². The number of rotatable bonds is 7. The first kappa shape index (κ1) is 22.3. The number of benzene rings is 2. The Morgan fingerprint density at radius 3 is 2.43 bits per heavy atom. The van der Waals surface area contributed by atoms with Gasteiger partial charge in [0.25, 0.3) is 0 Å². The molecular formula is C24H30ClN3O2. The van der Waals surface area contributed by atoms with Crippen molar-refractivity contribution in [2.75, 3.05) is 25.0 Å². The normalized spacial score (nSPS) is 14.9. The van der Waals surface area contributed by atoms with Crippen LogP contribution in [0, 0.1) is 5.92 Å². The van der Waals surface area contributed by atoms with Crippen molar-refractivity contribution < 1.29 is 9.59 Å². The minimum atomic E-state index is -0.0538. The second-order valence-electron chi connectivity index (χ2n) is 8.14. The van der Waals surface area contributed by atoms with Crippen molar-refractivity contribution in [3.8, 4) is 0 Å². The minimum absolute atomic E-state index is 0.0399. The lowest BCUT2D eigenvalue weighted by atomic mass is 9.95. The van der Waals surface area contributed by atoms with Crippen LogP contribution in [0.5, 0.6) is 0 Å². The molecule has 5 nitrogen and oxygen atoms in total. The van der Waals surface area contributed by atoms with E-state index in [1.165, 1.54) is 0 Å². The molecule has 1 saturated heterocycles. The van der Waals surface area contributed by atoms with E-state index in [0.29, 0.717) is 44.0 Å². The number of carbonyl (C=O) groups is 2. The lowest BCUT2D eigenvalue weighted by molar-refractivity contribution is -0.136. The SMILES string of the molecule is CC(C)N(CC(=O)N1CCC(C(=O)Nc2ccccc2)CC1)Cc1cccc(Cl)c1. The number of halogens is 1. The maximum Gasteiger partial charge on any atom is 0.236 e. The average molecular weight is 428 g/mol. The highest BCUT2D eigenvalue weighted by atomic mass is 35.5. The summed E-state index contributed by atoms with van der Waals surface area (Å²) in [6.45, 7) is 6.48. The van der Waals surface area contributed by atoms with Crippen LogP contribution in [0.15, 0.2) is 54.6 Å². The zero-order valence-electron chi connectivity index (χ0n) is 17.7. The Labute approximate surface area is 184 Å². The molecular weight excluding hydrogens is 398 g/mol. The van der Waals surface area contributed by atoms with E-state index >= 15 is 0 Å². The molecule has 0 aromatic heterocycles. The number of nitrogens with zero attached hydrogens (tertiary/aromatic N) is 2. The van der Waals surface area contributed by atoms with Gasteiger partial charge >= 0.3 is 0 Å². The highest BCUT2D eigenvalue weighted by molar-refractivity contribution is 6.30. The summed E-state index contributed by atoms with van der Waals surface area (Å²) in [6, 6.07) is 17.5. The molecule has 0 aliphatic carbocycles. The summed E-state index contributed by atoms with van der Waals surface area (Å²) in [6.07, 6.45) is 1.39. The van der Waals surface area contributed by atoms with Crippen molar-refractivity contribution in [3.05, 3.63) is 65.2 Å². The van der Waals surface area contributed by atoms with Crippen molar-refractivity contribution >= 4 is 29.1 Å². The van der Waals surface area contributed by atoms with Crippen LogP contribution < -0.4 is 5.32 Å². The first-order chi connectivity index (χ1) is 14.4. The van der Waals surface area contributed by atoms with Crippen molar-refractivity contribution in [1.29, 1.82) is 0 Å². The molecule has 0 bridgehead atoms. The van der Waals surface area contributed by atoms with Crippen molar-refractivity contribution in [3.63, 3.8) is 0 Å². The molecule has 160 valence electrons. The molecule has 3 rings (SSSR count). The highest BCUT2D eigenvalue weighted by Gasteiger charge is 2.28. The van der Waals surface area contributed by atoms with E-state index in [1.807, 2.05) is 59.5 Å². The Hall–Kier alpha value is -2.37. The molecule has 2 amide bonds. The Bertz CT molecular complexity index is 849. The number of piperidine rings is 1. The van der Waals surface area contributed by atoms with Crippen LogP contribution in [-0.2, 0) is 16.1 Å². The van der Waals surface area contributed by atoms with Crippen LogP contribution in [0.2, 0.25) is 5.02 Å². The molecule has 0 saturated carbocycles. The second-order valence-corrected chi connectivity index (χ2v) is 8.58. The molecule has 30 heavy (non-hydrogen) atoms. The van der Waals surface area contributed by atoms with E-state index in [0.717, 1.165) is 11.3 Å². The number of carbonyl (C=O) groups excluding carboxylic acids is 2. The quantitative estimate of drug-likeness (QED) is 0.711. The zero-order valence-corrected chi connectivity index (χ0v) is 18.4. The van der Waals surface area contributed by atoms with Gasteiger partial charge in [-0.1, -0.05) is 41.9 Å². The molecule has 1 aliphatic heterocycles. The van der Waals surface area contributed by atoms with Gasteiger partial charge in [0.05, 0.1) is 6.54 Å². The number of para-hydroxylation sites is 1. The molecule has 1 aliphatic rings. The van der Waals surface area contributed by atoms with Crippen molar-refractivity contribution in [2.24, 2.45) is 5.92 Å². The zero-order chi connectivity index (χ0) is 21.5. The fourth-order valence-electron chi connectivity index (χ4n) is 3.72. The molecule has 6 heteroatoms. The number of hydrogen-bond donors (Lipinski definition) is 1. The Morgan fingerprint density at radius 1 is 1.10 bits per heavy atom. The highest BCUT2D eigenvalue weighted by Crippen LogP contribution is 2.20. The van der Waals surface area contributed by atoms with Crippen LogP contribution >= 0.6 is 11.6 Å². The fraction of sp³-hybridized carbons (Fsp3) is 0.417. The molecule has 2 aromatic rings. The number of anilines is 1. The van der Waals surface area contributed by atoms with Gasteiger partial charge in [-0.25, -0.2) is 0 Å². The van der Waals surface area contributed by atoms with Crippen LogP contribution in [0.3, 0.4) is 0 Å². The smallest absolute Gasteiger partial charge is 0.236 e. The van der Waals surface area contributed by atoms with Crippen LogP contribution in [0.4, 0.5) is 5.69 Å². The van der Waals surface area contributed by atoms with Gasteiger partial charge in [-0.05, 0) is 56.5 Å². The topological polar surface area (TPSA) is 52.7 Å². The Kier molecular flexibility index (Phi) is 7.88. The fourth-order valence-corrected chi connectivity index (χ4v) is 3.93. The van der Waals surface area contributed by atoms with Gasteiger partial charge < -0.3 is 10.2 Å². The molecule has 1 heterocycles. The van der Waals surface area contributed by atoms with Crippen LogP contribution in [0.25, 0.3) is 0 Å². The summed E-state index contributed by atoms with van der Waals surface area (Å²) >= 11 is 6.10. The number of likely N-dealkylation sites (tertiary alicyclic amines) is 1. The van der Waals surface area contributed by atoms with Gasteiger partial charge in [0.2, 0.25) is 11.8 Å². The summed E-state index contributed by atoms with van der Waals surface area (Å²) in [5.74, 6) is 0.104. The van der Waals surface area contributed by atoms with Gasteiger partial charge in [-0.2, -0.15) is 0 Å². The van der Waals surface area contributed by atoms with Gasteiger partial charge in [0, 0.05) is 42.3 Å². The molecule has 1 fully saturated rings. The first-order valence-electron chi connectivity index (χ1n) is 10.5. The van der Waals surface area contributed by atoms with E-state index in [-0.39, 0.29) is 23.8 Å². The minimum Gasteiger partial charge on any atom is -0.342 e. The van der Waals surface area contributed by atoms with Crippen LogP contribution in [0.1, 0.15) is 32.3 Å². The van der Waals surface area contributed by atoms with Gasteiger partial charge in [-0.15, -0.1) is 0 Å². The standard InChI is InChI=1S/C24H30ClN3O2/c1-18(2)28(16-19-7-6-8-21(25)15-19)17-23(29)27-13-11-20(12-14-27)24(30)26-22-9-4-3-5-10-22/h3-10,15,18,20H,11-14,16-17H2,1-2H3,(H,26,30). The molecule has 0 atom stereocenters. The lowest BCUT2D eigenvalue weighted by Gasteiger charge is -2.34. The second kappa shape index (κ2) is 10.6. The van der Waals surface area contributed by atoms with Gasteiger partial charge in [-0.3, -0.25) is 14.5 Å². The van der Waals surface area contributed by atoms with Gasteiger partial charge in [0.1, 0.15) is 0 Å². The number of amides is 2. The number of hydrogen-bond acceptors (Lipinski definition) is 3. The largest absolute Gasteiger partial charge is 0.342 e. The molecule has 0 unspecified atom stereocenters. The molecule has 2 aromatic carbocycles. The third-order valence-electron chi connectivity index (χ3n) is 5.60. The maximum absolute atomic E-state index is 12.9. The summed E-state index contributed by atoms with van der Waals surface area (Å²) in [5.41, 5.74) is 1.91. The van der Waals surface area contributed by atoms with Crippen molar-refractivity contribution in [1.82, 2.24) is 9.80 Å². The third-order valence-corrected chi connectivity index (χ3v) is 5.84. The molecule has 1 N–H and O–H groups in total. The summed E-state index contributed by atoms with van der Waals surface area (Å²) in [7, 11) is 0. The Balaban J connectivity index is 1.50. The lowest BCUT2D eigenvalue weighted by Crippen LogP contribution is -2.46. The number of nitrogens with one attached hydrogen (secondary N) is 1. The summed E-state index contributed by atoms with van der Waals surface area (Å²) < 4.78 is 0. The predicted molar refractivity (Wildman–Crippen MR) is 121 cm³/mol. The predicted octanol–water partition coefficient (Wildman–Crippen LogP) is 4.43. The first-order valence-corrected chi connectivity index (χ1v) is 10.9. The Morgan fingerprint density at radius 2 is 1.80 bits per heavy atom. The monoisotopic (exact) mass is 427 g/mol. The molecule has 0 spiro atoms. The maximum atomic E-state index is 12.9. The van der Waals surface area contributed by atoms with E-state index in [1.54, 1.807) is 0 Å². The molecule has 0 radical (unpaired) electrons. The van der Waals surface area contributed by atoms with Crippen LogP contribution in [-0.4, -0.2) is 47.3 Å². The van der Waals surface area contributed by atoms with E-state index < -0.39 is 0 Å². The van der Waals surface area contributed by atoms with Gasteiger partial charge in [0.15, 0.2) is 0 Å². The summed E-state index contributed by atoms with van der Waals surface area (Å²) in [4.78, 5) is 29.4. The summed E-state index contributed by atoms with van der Waals surface area (Å²) in [5, 5.41) is 3.68. The van der Waals surface area contributed by atoms with E-state index in [9.17, 15) is 9.59 Å². The van der Waals surface area contributed by atoms with E-state index in [2.05, 4.69) is 24.1 Å². The third kappa shape index (κ3) is 6.31. The van der Waals surface area contributed by atoms with E-state index in [4.69, 9.17) is 11.6 Å².